The van der Waals surface area contributed by atoms with E-state index in [-0.39, 0.29) is 17.7 Å². The molecule has 8 heteroatoms. The van der Waals surface area contributed by atoms with E-state index in [4.69, 9.17) is 4.74 Å². The molecule has 1 saturated carbocycles. The molecule has 3 heterocycles. The van der Waals surface area contributed by atoms with Crippen LogP contribution in [0.2, 0.25) is 0 Å². The summed E-state index contributed by atoms with van der Waals surface area (Å²) in [6.07, 6.45) is 4.22. The molecule has 3 aliphatic carbocycles. The average Bonchev–Trinajstić information content (AvgIpc) is 3.69. The van der Waals surface area contributed by atoms with Crippen molar-refractivity contribution in [3.8, 4) is 11.5 Å². The monoisotopic (exact) mass is 687 g/mol. The Morgan fingerprint density at radius 1 is 1.09 bits per heavy atom. The second kappa shape index (κ2) is 9.22. The standard InChI is InChI=1S/C35H34IN3O4/c36-17-29(41)37-25-7-3-1-5-22(25)19-39-26-8-4-2-6-23(26)24-16-35(42)28-15-21-11-12-27(40)32-30(21)34(35,33(43-32)31(24)39)13-14-38(28)18-20-9-10-20/h1-8,11-12,20,28,33,40,42H,9-10,13-19H2,(H,37,41)/t28?,33-,34?,35+/m0/s1. The van der Waals surface area contributed by atoms with E-state index in [1.165, 1.54) is 18.4 Å². The zero-order chi connectivity index (χ0) is 29.1. The Morgan fingerprint density at radius 2 is 1.91 bits per heavy atom. The smallest absolute Gasteiger partial charge is 0.234 e. The zero-order valence-corrected chi connectivity index (χ0v) is 26.0. The third-order valence-electron chi connectivity index (χ3n) is 11.1. The van der Waals surface area contributed by atoms with E-state index in [2.05, 4.69) is 73.8 Å². The number of nitrogens with zero attached hydrogens (tertiary/aromatic N) is 2. The van der Waals surface area contributed by atoms with Crippen molar-refractivity contribution in [1.82, 2.24) is 9.47 Å². The van der Waals surface area contributed by atoms with Crippen LogP contribution >= 0.6 is 22.6 Å². The number of para-hydroxylation sites is 2. The summed E-state index contributed by atoms with van der Waals surface area (Å²) in [4.78, 5) is 15.0. The summed E-state index contributed by atoms with van der Waals surface area (Å²) >= 11 is 2.09. The molecule has 0 radical (unpaired) electrons. The van der Waals surface area contributed by atoms with Crippen molar-refractivity contribution in [3.05, 3.63) is 88.6 Å². The number of hydrogen-bond donors (Lipinski definition) is 3. The summed E-state index contributed by atoms with van der Waals surface area (Å²) in [5.41, 5.74) is 5.70. The molecule has 1 aromatic heterocycles. The van der Waals surface area contributed by atoms with Gasteiger partial charge in [-0.05, 0) is 73.0 Å². The number of halogens is 1. The van der Waals surface area contributed by atoms with Crippen molar-refractivity contribution in [2.75, 3.05) is 22.8 Å². The Bertz CT molecular complexity index is 1830. The van der Waals surface area contributed by atoms with Gasteiger partial charge in [0, 0.05) is 41.2 Å². The molecule has 4 atom stereocenters. The molecule has 9 rings (SSSR count). The minimum Gasteiger partial charge on any atom is -0.504 e. The minimum absolute atomic E-state index is 0.00424. The average molecular weight is 688 g/mol. The number of ether oxygens (including phenoxy) is 1. The van der Waals surface area contributed by atoms with Gasteiger partial charge in [0.15, 0.2) is 17.6 Å². The highest BCUT2D eigenvalue weighted by Gasteiger charge is 2.73. The SMILES string of the molecule is O=C(CI)Nc1ccccc1Cn1c2c(c3ccccc31)C[C@@]1(O)C3Cc4ccc(O)c5c4C1(CCN3CC1CC1)[C@H]2O5. The van der Waals surface area contributed by atoms with Gasteiger partial charge in [-0.2, -0.15) is 0 Å². The number of rotatable bonds is 6. The van der Waals surface area contributed by atoms with E-state index in [0.717, 1.165) is 70.8 Å². The van der Waals surface area contributed by atoms with Crippen molar-refractivity contribution in [1.29, 1.82) is 0 Å². The van der Waals surface area contributed by atoms with Gasteiger partial charge in [-0.3, -0.25) is 9.69 Å². The van der Waals surface area contributed by atoms with Crippen LogP contribution < -0.4 is 10.1 Å². The number of benzene rings is 3. The molecule has 2 fully saturated rings. The van der Waals surface area contributed by atoms with Gasteiger partial charge in [0.05, 0.1) is 27.7 Å². The molecular weight excluding hydrogens is 653 g/mol. The number of aliphatic hydroxyl groups is 1. The maximum absolute atomic E-state index is 13.2. The summed E-state index contributed by atoms with van der Waals surface area (Å²) in [5.74, 6) is 1.41. The van der Waals surface area contributed by atoms with Gasteiger partial charge in [0.1, 0.15) is 0 Å². The number of likely N-dealkylation sites (tertiary alicyclic amines) is 1. The fourth-order valence-corrected chi connectivity index (χ4v) is 9.30. The van der Waals surface area contributed by atoms with E-state index in [1.807, 2.05) is 18.2 Å². The summed E-state index contributed by atoms with van der Waals surface area (Å²) in [6, 6.07) is 20.3. The predicted octanol–water partition coefficient (Wildman–Crippen LogP) is 5.47. The predicted molar refractivity (Wildman–Crippen MR) is 173 cm³/mol. The number of anilines is 1. The molecule has 4 aromatic rings. The largest absolute Gasteiger partial charge is 0.504 e. The molecule has 2 aliphatic heterocycles. The Balaban J connectivity index is 1.27. The van der Waals surface area contributed by atoms with Gasteiger partial charge in [0.2, 0.25) is 5.91 Å². The fraction of sp³-hybridized carbons (Fsp3) is 0.400. The lowest BCUT2D eigenvalue weighted by molar-refractivity contribution is -0.173. The first-order chi connectivity index (χ1) is 20.9. The highest BCUT2D eigenvalue weighted by Crippen LogP contribution is 2.69. The van der Waals surface area contributed by atoms with Gasteiger partial charge in [0.25, 0.3) is 0 Å². The number of carbonyl (C=O) groups is 1. The van der Waals surface area contributed by atoms with E-state index in [9.17, 15) is 15.0 Å². The Labute approximate surface area is 264 Å². The number of carbonyl (C=O) groups excluding carboxylic acids is 1. The van der Waals surface area contributed by atoms with Gasteiger partial charge in [-0.15, -0.1) is 0 Å². The number of nitrogens with one attached hydrogen (secondary N) is 1. The number of aromatic hydroxyl groups is 1. The summed E-state index contributed by atoms with van der Waals surface area (Å²) in [6.45, 7) is 2.51. The molecule has 1 saturated heterocycles. The number of alkyl halides is 1. The molecule has 43 heavy (non-hydrogen) atoms. The Morgan fingerprint density at radius 3 is 2.74 bits per heavy atom. The lowest BCUT2D eigenvalue weighted by Crippen LogP contribution is -2.74. The second-order valence-corrected chi connectivity index (χ2v) is 14.0. The summed E-state index contributed by atoms with van der Waals surface area (Å²) in [7, 11) is 0. The van der Waals surface area contributed by atoms with Gasteiger partial charge in [-0.1, -0.05) is 65.1 Å². The van der Waals surface area contributed by atoms with E-state index in [1.54, 1.807) is 6.07 Å². The van der Waals surface area contributed by atoms with Crippen LogP contribution in [0.3, 0.4) is 0 Å². The zero-order valence-electron chi connectivity index (χ0n) is 23.9. The highest BCUT2D eigenvalue weighted by atomic mass is 127. The number of amides is 1. The van der Waals surface area contributed by atoms with Crippen LogP contribution in [0.4, 0.5) is 5.69 Å². The maximum Gasteiger partial charge on any atom is 0.234 e. The molecule has 2 bridgehead atoms. The van der Waals surface area contributed by atoms with Crippen LogP contribution in [0.1, 0.15) is 53.3 Å². The first-order valence-electron chi connectivity index (χ1n) is 15.4. The number of hydrogen-bond acceptors (Lipinski definition) is 5. The molecule has 2 unspecified atom stereocenters. The number of phenols is 1. The maximum atomic E-state index is 13.2. The first kappa shape index (κ1) is 26.3. The lowest BCUT2D eigenvalue weighted by Gasteiger charge is -2.63. The molecule has 3 N–H and O–H groups in total. The van der Waals surface area contributed by atoms with Crippen LogP contribution in [0.5, 0.6) is 11.5 Å². The van der Waals surface area contributed by atoms with Crippen LogP contribution in [0.25, 0.3) is 10.9 Å². The fourth-order valence-electron chi connectivity index (χ4n) is 9.11. The summed E-state index contributed by atoms with van der Waals surface area (Å²) in [5, 5.41) is 28.6. The second-order valence-electron chi connectivity index (χ2n) is 13.2. The van der Waals surface area contributed by atoms with Crippen LogP contribution in [-0.4, -0.2) is 54.7 Å². The van der Waals surface area contributed by atoms with Gasteiger partial charge < -0.3 is 24.8 Å². The molecule has 5 aliphatic rings. The molecule has 220 valence electrons. The molecule has 1 spiro atoms. The first-order valence-corrected chi connectivity index (χ1v) is 17.0. The molecular formula is C35H34IN3O4. The van der Waals surface area contributed by atoms with Gasteiger partial charge >= 0.3 is 0 Å². The van der Waals surface area contributed by atoms with Gasteiger partial charge in [-0.25, -0.2) is 0 Å². The van der Waals surface area contributed by atoms with Crippen molar-refractivity contribution in [2.45, 2.75) is 61.8 Å². The van der Waals surface area contributed by atoms with Crippen LogP contribution in [0, 0.1) is 5.92 Å². The molecule has 3 aromatic carbocycles. The van der Waals surface area contributed by atoms with Crippen molar-refractivity contribution < 1.29 is 19.7 Å². The summed E-state index contributed by atoms with van der Waals surface area (Å²) < 4.78 is 9.66. The van der Waals surface area contributed by atoms with Crippen molar-refractivity contribution >= 4 is 45.1 Å². The number of phenolic OH excluding ortho intramolecular Hbond substituents is 1. The van der Waals surface area contributed by atoms with E-state index in [0.29, 0.717) is 23.1 Å². The van der Waals surface area contributed by atoms with E-state index < -0.39 is 17.1 Å². The number of fused-ring (bicyclic) bond motifs is 4. The third-order valence-corrected chi connectivity index (χ3v) is 11.8. The highest BCUT2D eigenvalue weighted by molar-refractivity contribution is 14.1. The molecule has 1 amide bonds. The van der Waals surface area contributed by atoms with E-state index >= 15 is 0 Å². The molecule has 7 nitrogen and oxygen atoms in total. The Hall–Kier alpha value is -3.08. The quantitative estimate of drug-likeness (QED) is 0.185. The number of piperidine rings is 1. The van der Waals surface area contributed by atoms with Crippen molar-refractivity contribution in [3.63, 3.8) is 0 Å². The minimum atomic E-state index is -1.02. The lowest BCUT2D eigenvalue weighted by atomic mass is 9.49. The topological polar surface area (TPSA) is 87.0 Å². The third kappa shape index (κ3) is 3.51. The van der Waals surface area contributed by atoms with Crippen LogP contribution in [-0.2, 0) is 29.6 Å². The van der Waals surface area contributed by atoms with Crippen molar-refractivity contribution in [2.24, 2.45) is 5.92 Å². The normalized spacial score (nSPS) is 28.3. The number of aromatic nitrogens is 1. The Kier molecular flexibility index (Phi) is 5.64. The van der Waals surface area contributed by atoms with Crippen LogP contribution in [0.15, 0.2) is 60.7 Å².